The Morgan fingerprint density at radius 2 is 2.18 bits per heavy atom. The second-order valence-electron chi connectivity index (χ2n) is 5.48. The Morgan fingerprint density at radius 3 is 2.65 bits per heavy atom. The summed E-state index contributed by atoms with van der Waals surface area (Å²) >= 11 is 0. The lowest BCUT2D eigenvalue weighted by atomic mass is 9.96. The number of hydrogen-bond donors (Lipinski definition) is 1. The second kappa shape index (κ2) is 6.98. The van der Waals surface area contributed by atoms with Gasteiger partial charge in [-0.25, -0.2) is 0 Å². The van der Waals surface area contributed by atoms with Crippen LogP contribution in [0.4, 0.5) is 0 Å². The molecule has 1 rings (SSSR count). The van der Waals surface area contributed by atoms with E-state index < -0.39 is 5.54 Å². The standard InChI is InChI=1S/C14H26N2O/c1-4-16-14(10-15,13-7-8-13)11-17-9-5-6-12(2)3/h12-13,16H,4-9,11H2,1-3H3. The first-order valence-corrected chi connectivity index (χ1v) is 6.88. The van der Waals surface area contributed by atoms with E-state index in [9.17, 15) is 5.26 Å². The van der Waals surface area contributed by atoms with Gasteiger partial charge in [-0.1, -0.05) is 20.8 Å². The summed E-state index contributed by atoms with van der Waals surface area (Å²) in [6.45, 7) is 8.65. The molecule has 0 aromatic carbocycles. The smallest absolute Gasteiger partial charge is 0.133 e. The van der Waals surface area contributed by atoms with Gasteiger partial charge in [-0.3, -0.25) is 5.32 Å². The van der Waals surface area contributed by atoms with Crippen LogP contribution in [0.25, 0.3) is 0 Å². The summed E-state index contributed by atoms with van der Waals surface area (Å²) in [4.78, 5) is 0. The largest absolute Gasteiger partial charge is 0.378 e. The molecule has 1 N–H and O–H groups in total. The maximum absolute atomic E-state index is 9.37. The quantitative estimate of drug-likeness (QED) is 0.628. The van der Waals surface area contributed by atoms with Crippen molar-refractivity contribution in [2.45, 2.75) is 52.0 Å². The van der Waals surface area contributed by atoms with Gasteiger partial charge in [0.25, 0.3) is 0 Å². The minimum absolute atomic E-state index is 0.424. The van der Waals surface area contributed by atoms with Crippen molar-refractivity contribution in [2.75, 3.05) is 19.8 Å². The fourth-order valence-electron chi connectivity index (χ4n) is 2.19. The summed E-state index contributed by atoms with van der Waals surface area (Å²) in [7, 11) is 0. The molecule has 0 saturated heterocycles. The van der Waals surface area contributed by atoms with Crippen molar-refractivity contribution >= 4 is 0 Å². The molecule has 0 heterocycles. The number of likely N-dealkylation sites (N-methyl/N-ethyl adjacent to an activating group) is 1. The molecule has 98 valence electrons. The van der Waals surface area contributed by atoms with Gasteiger partial charge >= 0.3 is 0 Å². The Morgan fingerprint density at radius 1 is 1.47 bits per heavy atom. The minimum atomic E-state index is -0.424. The van der Waals surface area contributed by atoms with Crippen LogP contribution in [0.15, 0.2) is 0 Å². The molecule has 1 fully saturated rings. The van der Waals surface area contributed by atoms with Crippen molar-refractivity contribution in [1.82, 2.24) is 5.32 Å². The minimum Gasteiger partial charge on any atom is -0.378 e. The zero-order valence-electron chi connectivity index (χ0n) is 11.5. The third-order valence-corrected chi connectivity index (χ3v) is 3.37. The molecular weight excluding hydrogens is 212 g/mol. The van der Waals surface area contributed by atoms with Crippen LogP contribution in [-0.4, -0.2) is 25.3 Å². The summed E-state index contributed by atoms with van der Waals surface area (Å²) in [6, 6.07) is 2.44. The van der Waals surface area contributed by atoms with Gasteiger partial charge in [0.2, 0.25) is 0 Å². The van der Waals surface area contributed by atoms with Gasteiger partial charge in [0.1, 0.15) is 5.54 Å². The monoisotopic (exact) mass is 238 g/mol. The fraction of sp³-hybridized carbons (Fsp3) is 0.929. The maximum Gasteiger partial charge on any atom is 0.133 e. The number of ether oxygens (including phenoxy) is 1. The van der Waals surface area contributed by atoms with Gasteiger partial charge in [-0.2, -0.15) is 5.26 Å². The molecule has 0 amide bonds. The van der Waals surface area contributed by atoms with Crippen molar-refractivity contribution in [3.63, 3.8) is 0 Å². The van der Waals surface area contributed by atoms with Crippen LogP contribution >= 0.6 is 0 Å². The highest BCUT2D eigenvalue weighted by molar-refractivity contribution is 5.15. The van der Waals surface area contributed by atoms with Crippen LogP contribution < -0.4 is 5.32 Å². The highest BCUT2D eigenvalue weighted by Crippen LogP contribution is 2.39. The van der Waals surface area contributed by atoms with E-state index in [1.54, 1.807) is 0 Å². The summed E-state index contributed by atoms with van der Waals surface area (Å²) < 4.78 is 5.71. The number of rotatable bonds is 9. The molecule has 17 heavy (non-hydrogen) atoms. The SMILES string of the molecule is CCNC(C#N)(COCCCC(C)C)C1CC1. The van der Waals surface area contributed by atoms with Crippen LogP contribution in [0.3, 0.4) is 0 Å². The summed E-state index contributed by atoms with van der Waals surface area (Å²) in [5, 5.41) is 12.7. The molecular formula is C14H26N2O. The Labute approximate surface area is 106 Å². The molecule has 1 aliphatic carbocycles. The third kappa shape index (κ3) is 4.65. The second-order valence-corrected chi connectivity index (χ2v) is 5.48. The lowest BCUT2D eigenvalue weighted by molar-refractivity contribution is 0.0775. The zero-order valence-corrected chi connectivity index (χ0v) is 11.5. The third-order valence-electron chi connectivity index (χ3n) is 3.37. The topological polar surface area (TPSA) is 45.0 Å². The molecule has 0 aromatic heterocycles. The molecule has 1 aliphatic rings. The molecule has 0 bridgehead atoms. The molecule has 1 unspecified atom stereocenters. The highest BCUT2D eigenvalue weighted by atomic mass is 16.5. The lowest BCUT2D eigenvalue weighted by Crippen LogP contribution is -2.50. The highest BCUT2D eigenvalue weighted by Gasteiger charge is 2.45. The molecule has 0 radical (unpaired) electrons. The van der Waals surface area contributed by atoms with Crippen LogP contribution in [0, 0.1) is 23.2 Å². The summed E-state index contributed by atoms with van der Waals surface area (Å²) in [5.74, 6) is 1.23. The molecule has 0 aromatic rings. The van der Waals surface area contributed by atoms with E-state index >= 15 is 0 Å². The van der Waals surface area contributed by atoms with Crippen LogP contribution in [0.2, 0.25) is 0 Å². The number of nitrogens with one attached hydrogen (secondary N) is 1. The van der Waals surface area contributed by atoms with Crippen LogP contribution in [0.1, 0.15) is 46.5 Å². The van der Waals surface area contributed by atoms with E-state index in [1.807, 2.05) is 6.92 Å². The Kier molecular flexibility index (Phi) is 5.94. The lowest BCUT2D eigenvalue weighted by Gasteiger charge is -2.27. The van der Waals surface area contributed by atoms with Crippen molar-refractivity contribution < 1.29 is 4.74 Å². The molecule has 3 nitrogen and oxygen atoms in total. The molecule has 0 aliphatic heterocycles. The Hall–Kier alpha value is -0.590. The predicted octanol–water partition coefficient (Wildman–Crippen LogP) is 2.72. The Balaban J connectivity index is 2.27. The predicted molar refractivity (Wildman–Crippen MR) is 69.6 cm³/mol. The molecule has 0 spiro atoms. The average Bonchev–Trinajstić information content (AvgIpc) is 3.11. The Bertz CT molecular complexity index is 255. The average molecular weight is 238 g/mol. The van der Waals surface area contributed by atoms with E-state index in [4.69, 9.17) is 4.74 Å². The van der Waals surface area contributed by atoms with E-state index in [1.165, 1.54) is 6.42 Å². The zero-order chi connectivity index (χ0) is 12.7. The van der Waals surface area contributed by atoms with Crippen LogP contribution in [0.5, 0.6) is 0 Å². The van der Waals surface area contributed by atoms with Crippen molar-refractivity contribution in [3.8, 4) is 6.07 Å². The summed E-state index contributed by atoms with van der Waals surface area (Å²) in [5.41, 5.74) is -0.424. The van der Waals surface area contributed by atoms with Crippen LogP contribution in [-0.2, 0) is 4.74 Å². The van der Waals surface area contributed by atoms with E-state index in [-0.39, 0.29) is 0 Å². The van der Waals surface area contributed by atoms with Gasteiger partial charge in [0.05, 0.1) is 12.7 Å². The number of nitrogens with zero attached hydrogens (tertiary/aromatic N) is 1. The van der Waals surface area contributed by atoms with Gasteiger partial charge in [0, 0.05) is 6.61 Å². The fourth-order valence-corrected chi connectivity index (χ4v) is 2.19. The molecule has 1 saturated carbocycles. The van der Waals surface area contributed by atoms with Gasteiger partial charge in [-0.15, -0.1) is 0 Å². The van der Waals surface area contributed by atoms with E-state index in [2.05, 4.69) is 25.2 Å². The number of nitriles is 1. The first-order chi connectivity index (χ1) is 8.14. The van der Waals surface area contributed by atoms with Gasteiger partial charge < -0.3 is 4.74 Å². The van der Waals surface area contributed by atoms with Crippen molar-refractivity contribution in [3.05, 3.63) is 0 Å². The maximum atomic E-state index is 9.37. The summed E-state index contributed by atoms with van der Waals surface area (Å²) in [6.07, 6.45) is 4.62. The van der Waals surface area contributed by atoms with Crippen molar-refractivity contribution in [2.24, 2.45) is 11.8 Å². The first kappa shape index (κ1) is 14.5. The van der Waals surface area contributed by atoms with E-state index in [0.717, 1.165) is 38.3 Å². The number of hydrogen-bond acceptors (Lipinski definition) is 3. The molecule has 3 heteroatoms. The molecule has 1 atom stereocenters. The van der Waals surface area contributed by atoms with Crippen molar-refractivity contribution in [1.29, 1.82) is 5.26 Å². The first-order valence-electron chi connectivity index (χ1n) is 6.88. The van der Waals surface area contributed by atoms with Gasteiger partial charge in [0.15, 0.2) is 0 Å². The van der Waals surface area contributed by atoms with Gasteiger partial charge in [-0.05, 0) is 44.1 Å². The normalized spacial score (nSPS) is 19.0. The van der Waals surface area contributed by atoms with E-state index in [0.29, 0.717) is 12.5 Å².